The Bertz CT molecular complexity index is 281. The van der Waals surface area contributed by atoms with Crippen molar-refractivity contribution in [2.24, 2.45) is 0 Å². The van der Waals surface area contributed by atoms with E-state index in [0.717, 1.165) is 19.3 Å². The van der Waals surface area contributed by atoms with E-state index in [1.165, 1.54) is 39.0 Å². The summed E-state index contributed by atoms with van der Waals surface area (Å²) >= 11 is 0. The van der Waals surface area contributed by atoms with Crippen molar-refractivity contribution < 1.29 is 19.8 Å². The second-order valence-corrected chi connectivity index (χ2v) is 5.38. The topological polar surface area (TPSA) is 86.6 Å². The molecular formula is C15H29NO4. The predicted octanol–water partition coefficient (Wildman–Crippen LogP) is 3.03. The first-order valence-corrected chi connectivity index (χ1v) is 7.70. The lowest BCUT2D eigenvalue weighted by Gasteiger charge is -2.17. The lowest BCUT2D eigenvalue weighted by Crippen LogP contribution is -2.45. The standard InChI is InChI=1S/C15H29NO4/c1-3-4-5-6-7-8-9-10-11-13(15(19)20)16-12(2)14(17)18/h12-13,16H,3-11H2,1-2H3,(H,17,18)(H,19,20)/t12-,13?/m1/s1. The van der Waals surface area contributed by atoms with E-state index < -0.39 is 24.0 Å². The van der Waals surface area contributed by atoms with Crippen LogP contribution in [0.25, 0.3) is 0 Å². The summed E-state index contributed by atoms with van der Waals surface area (Å²) in [6.07, 6.45) is 9.73. The molecular weight excluding hydrogens is 258 g/mol. The average Bonchev–Trinajstić information content (AvgIpc) is 2.39. The summed E-state index contributed by atoms with van der Waals surface area (Å²) in [7, 11) is 0. The lowest BCUT2D eigenvalue weighted by atomic mass is 10.0. The molecule has 0 amide bonds. The van der Waals surface area contributed by atoms with Crippen molar-refractivity contribution in [3.63, 3.8) is 0 Å². The molecule has 5 nitrogen and oxygen atoms in total. The maximum absolute atomic E-state index is 11.0. The van der Waals surface area contributed by atoms with Gasteiger partial charge in [0.05, 0.1) is 0 Å². The largest absolute Gasteiger partial charge is 0.480 e. The molecule has 2 atom stereocenters. The van der Waals surface area contributed by atoms with Crippen LogP contribution in [-0.4, -0.2) is 34.2 Å². The van der Waals surface area contributed by atoms with Gasteiger partial charge in [-0.3, -0.25) is 14.9 Å². The molecule has 118 valence electrons. The zero-order valence-corrected chi connectivity index (χ0v) is 12.7. The number of hydrogen-bond donors (Lipinski definition) is 3. The first-order valence-electron chi connectivity index (χ1n) is 7.70. The molecule has 0 radical (unpaired) electrons. The highest BCUT2D eigenvalue weighted by Crippen LogP contribution is 2.11. The smallest absolute Gasteiger partial charge is 0.320 e. The predicted molar refractivity (Wildman–Crippen MR) is 78.9 cm³/mol. The lowest BCUT2D eigenvalue weighted by molar-refractivity contribution is -0.142. The Hall–Kier alpha value is -1.10. The Labute approximate surface area is 121 Å². The summed E-state index contributed by atoms with van der Waals surface area (Å²) in [6, 6.07) is -1.59. The van der Waals surface area contributed by atoms with Gasteiger partial charge in [0, 0.05) is 0 Å². The van der Waals surface area contributed by atoms with E-state index in [0.29, 0.717) is 6.42 Å². The molecule has 5 heteroatoms. The molecule has 0 fully saturated rings. The molecule has 0 spiro atoms. The van der Waals surface area contributed by atoms with Gasteiger partial charge in [-0.25, -0.2) is 0 Å². The molecule has 0 aliphatic heterocycles. The molecule has 3 N–H and O–H groups in total. The summed E-state index contributed by atoms with van der Waals surface area (Å²) in [5.41, 5.74) is 0. The summed E-state index contributed by atoms with van der Waals surface area (Å²) in [6.45, 7) is 3.66. The van der Waals surface area contributed by atoms with Crippen molar-refractivity contribution in [1.29, 1.82) is 0 Å². The van der Waals surface area contributed by atoms with Crippen molar-refractivity contribution >= 4 is 11.9 Å². The van der Waals surface area contributed by atoms with Crippen LogP contribution in [0.5, 0.6) is 0 Å². The van der Waals surface area contributed by atoms with Gasteiger partial charge in [-0.15, -0.1) is 0 Å². The fourth-order valence-corrected chi connectivity index (χ4v) is 2.13. The zero-order valence-electron chi connectivity index (χ0n) is 12.7. The first kappa shape index (κ1) is 18.9. The highest BCUT2D eigenvalue weighted by atomic mass is 16.4. The quantitative estimate of drug-likeness (QED) is 0.453. The molecule has 0 aromatic carbocycles. The fourth-order valence-electron chi connectivity index (χ4n) is 2.13. The molecule has 0 aliphatic carbocycles. The van der Waals surface area contributed by atoms with Gasteiger partial charge < -0.3 is 10.2 Å². The van der Waals surface area contributed by atoms with E-state index in [2.05, 4.69) is 12.2 Å². The van der Waals surface area contributed by atoms with Gasteiger partial charge >= 0.3 is 11.9 Å². The number of carbonyl (C=O) groups is 2. The molecule has 0 rings (SSSR count). The molecule has 0 bridgehead atoms. The molecule has 20 heavy (non-hydrogen) atoms. The van der Waals surface area contributed by atoms with Crippen LogP contribution >= 0.6 is 0 Å². The zero-order chi connectivity index (χ0) is 15.4. The molecule has 0 aromatic heterocycles. The van der Waals surface area contributed by atoms with Crippen LogP contribution in [0, 0.1) is 0 Å². The molecule has 0 aliphatic rings. The third kappa shape index (κ3) is 9.78. The molecule has 0 saturated carbocycles. The van der Waals surface area contributed by atoms with Gasteiger partial charge in [0.25, 0.3) is 0 Å². The number of aliphatic carboxylic acids is 2. The SMILES string of the molecule is CCCCCCCCCCC(N[C@H](C)C(=O)O)C(=O)O. The number of nitrogens with one attached hydrogen (secondary N) is 1. The summed E-state index contributed by atoms with van der Waals surface area (Å²) in [4.78, 5) is 21.7. The highest BCUT2D eigenvalue weighted by molar-refractivity contribution is 5.77. The Morgan fingerprint density at radius 1 is 0.900 bits per heavy atom. The van der Waals surface area contributed by atoms with E-state index in [-0.39, 0.29) is 0 Å². The van der Waals surface area contributed by atoms with Crippen molar-refractivity contribution in [1.82, 2.24) is 5.32 Å². The van der Waals surface area contributed by atoms with Crippen molar-refractivity contribution in [3.05, 3.63) is 0 Å². The van der Waals surface area contributed by atoms with E-state index in [9.17, 15) is 9.59 Å². The van der Waals surface area contributed by atoms with E-state index in [1.54, 1.807) is 0 Å². The van der Waals surface area contributed by atoms with Crippen LogP contribution in [0.15, 0.2) is 0 Å². The minimum Gasteiger partial charge on any atom is -0.480 e. The van der Waals surface area contributed by atoms with E-state index in [1.807, 2.05) is 0 Å². The van der Waals surface area contributed by atoms with Crippen LogP contribution in [0.2, 0.25) is 0 Å². The summed E-state index contributed by atoms with van der Waals surface area (Å²) < 4.78 is 0. The first-order chi connectivity index (χ1) is 9.49. The number of carboxylic acids is 2. The van der Waals surface area contributed by atoms with Crippen LogP contribution in [0.1, 0.15) is 71.6 Å². The number of hydrogen-bond acceptors (Lipinski definition) is 3. The Morgan fingerprint density at radius 3 is 1.85 bits per heavy atom. The average molecular weight is 287 g/mol. The fraction of sp³-hybridized carbons (Fsp3) is 0.867. The van der Waals surface area contributed by atoms with E-state index in [4.69, 9.17) is 10.2 Å². The maximum Gasteiger partial charge on any atom is 0.320 e. The van der Waals surface area contributed by atoms with Gasteiger partial charge in [0.2, 0.25) is 0 Å². The second-order valence-electron chi connectivity index (χ2n) is 5.38. The molecule has 0 aromatic rings. The van der Waals surface area contributed by atoms with Gasteiger partial charge in [-0.1, -0.05) is 58.3 Å². The second kappa shape index (κ2) is 11.7. The van der Waals surface area contributed by atoms with Crippen molar-refractivity contribution in [2.75, 3.05) is 0 Å². The maximum atomic E-state index is 11.0. The van der Waals surface area contributed by atoms with Crippen LogP contribution in [0.3, 0.4) is 0 Å². The number of unbranched alkanes of at least 4 members (excludes halogenated alkanes) is 7. The van der Waals surface area contributed by atoms with Crippen LogP contribution in [-0.2, 0) is 9.59 Å². The number of rotatable bonds is 13. The van der Waals surface area contributed by atoms with Crippen molar-refractivity contribution in [2.45, 2.75) is 83.7 Å². The highest BCUT2D eigenvalue weighted by Gasteiger charge is 2.21. The molecule has 0 heterocycles. The van der Waals surface area contributed by atoms with Gasteiger partial charge in [-0.05, 0) is 13.3 Å². The van der Waals surface area contributed by atoms with Gasteiger partial charge in [0.1, 0.15) is 12.1 Å². The Morgan fingerprint density at radius 2 is 1.40 bits per heavy atom. The van der Waals surface area contributed by atoms with Crippen LogP contribution < -0.4 is 5.32 Å². The van der Waals surface area contributed by atoms with Gasteiger partial charge in [0.15, 0.2) is 0 Å². The third-order valence-corrected chi connectivity index (χ3v) is 3.47. The van der Waals surface area contributed by atoms with Crippen LogP contribution in [0.4, 0.5) is 0 Å². The summed E-state index contributed by atoms with van der Waals surface area (Å²) in [5, 5.41) is 20.5. The van der Waals surface area contributed by atoms with E-state index >= 15 is 0 Å². The monoisotopic (exact) mass is 287 g/mol. The third-order valence-electron chi connectivity index (χ3n) is 3.47. The van der Waals surface area contributed by atoms with Crippen molar-refractivity contribution in [3.8, 4) is 0 Å². The molecule has 1 unspecified atom stereocenters. The Balaban J connectivity index is 3.71. The molecule has 0 saturated heterocycles. The normalized spacial score (nSPS) is 13.9. The minimum absolute atomic E-state index is 0.488. The minimum atomic E-state index is -1.02. The van der Waals surface area contributed by atoms with Gasteiger partial charge in [-0.2, -0.15) is 0 Å². The summed E-state index contributed by atoms with van der Waals surface area (Å²) in [5.74, 6) is -1.99. The Kier molecular flexibility index (Phi) is 11.1. The number of carboxylic acid groups (broad SMARTS) is 2.